The van der Waals surface area contributed by atoms with Gasteiger partial charge in [-0.15, -0.1) is 0 Å². The number of piperidine rings is 1. The van der Waals surface area contributed by atoms with Crippen LogP contribution in [0.15, 0.2) is 42.5 Å². The molecule has 7 nitrogen and oxygen atoms in total. The number of hydrogen-bond acceptors (Lipinski definition) is 5. The van der Waals surface area contributed by atoms with E-state index in [2.05, 4.69) is 5.32 Å². The number of benzene rings is 2. The quantitative estimate of drug-likeness (QED) is 0.413. The number of hydrogen-bond donors (Lipinski definition) is 1. The molecule has 0 radical (unpaired) electrons. The van der Waals surface area contributed by atoms with Crippen LogP contribution in [0.25, 0.3) is 11.1 Å². The molecule has 0 aromatic heterocycles. The second kappa shape index (κ2) is 15.6. The molecular formula is C27H43N2O5P. The van der Waals surface area contributed by atoms with Crippen LogP contribution >= 0.6 is 7.52 Å². The summed E-state index contributed by atoms with van der Waals surface area (Å²) in [5.41, 5.74) is 2.41. The average molecular weight is 507 g/mol. The summed E-state index contributed by atoms with van der Waals surface area (Å²) in [6.45, 7) is 13.2. The van der Waals surface area contributed by atoms with Gasteiger partial charge in [0.05, 0.1) is 20.8 Å². The number of carbonyl (C=O) groups excluding carboxylic acids is 1. The van der Waals surface area contributed by atoms with Gasteiger partial charge < -0.3 is 19.3 Å². The zero-order valence-electron chi connectivity index (χ0n) is 22.6. The molecule has 3 rings (SSSR count). The summed E-state index contributed by atoms with van der Waals surface area (Å²) in [5, 5.41) is 3.12. The van der Waals surface area contributed by atoms with Gasteiger partial charge in [0.1, 0.15) is 11.5 Å². The molecule has 0 bridgehead atoms. The van der Waals surface area contributed by atoms with Gasteiger partial charge in [0.2, 0.25) is 0 Å². The molecule has 8 heteroatoms. The van der Waals surface area contributed by atoms with Crippen molar-refractivity contribution in [3.05, 3.63) is 48.0 Å². The van der Waals surface area contributed by atoms with Crippen LogP contribution in [-0.4, -0.2) is 57.2 Å². The maximum absolute atomic E-state index is 12.9. The van der Waals surface area contributed by atoms with Crippen molar-refractivity contribution >= 4 is 13.4 Å². The van der Waals surface area contributed by atoms with E-state index in [-0.39, 0.29) is 11.9 Å². The second-order valence-electron chi connectivity index (χ2n) is 7.60. The average Bonchev–Trinajstić information content (AvgIpc) is 2.91. The highest BCUT2D eigenvalue weighted by atomic mass is 31.2. The molecule has 35 heavy (non-hydrogen) atoms. The van der Waals surface area contributed by atoms with Crippen LogP contribution in [0.4, 0.5) is 0 Å². The standard InChI is InChI=1S/C23H31N2O5P.2C2H6/c1-5-30-31(4,27)25-11-9-20(10-12-25)24-23(26)18-8-6-7-17(13-18)19-14-21(28-2)16-22(15-19)29-3;2*1-2/h6-8,13-16,20H,5,9-12H2,1-4H3,(H,24,26);2*1-2H3. The van der Waals surface area contributed by atoms with Gasteiger partial charge in [-0.2, -0.15) is 0 Å². The summed E-state index contributed by atoms with van der Waals surface area (Å²) < 4.78 is 30.6. The largest absolute Gasteiger partial charge is 0.497 e. The summed E-state index contributed by atoms with van der Waals surface area (Å²) in [5.74, 6) is 1.27. The third-order valence-electron chi connectivity index (χ3n) is 5.50. The smallest absolute Gasteiger partial charge is 0.269 e. The first kappa shape index (κ1) is 30.7. The highest BCUT2D eigenvalue weighted by Gasteiger charge is 2.30. The lowest BCUT2D eigenvalue weighted by Crippen LogP contribution is -2.43. The molecule has 1 fully saturated rings. The lowest BCUT2D eigenvalue weighted by atomic mass is 10.0. The first-order valence-electron chi connectivity index (χ1n) is 12.5. The Balaban J connectivity index is 0.00000145. The topological polar surface area (TPSA) is 77.1 Å². The lowest BCUT2D eigenvalue weighted by Gasteiger charge is -2.35. The molecule has 1 amide bonds. The van der Waals surface area contributed by atoms with Crippen LogP contribution in [-0.2, 0) is 9.09 Å². The van der Waals surface area contributed by atoms with E-state index in [1.165, 1.54) is 0 Å². The fraction of sp³-hybridized carbons (Fsp3) is 0.519. The highest BCUT2D eigenvalue weighted by Crippen LogP contribution is 2.48. The first-order chi connectivity index (χ1) is 16.9. The monoisotopic (exact) mass is 506 g/mol. The Bertz CT molecular complexity index is 936. The maximum Gasteiger partial charge on any atom is 0.269 e. The van der Waals surface area contributed by atoms with Crippen molar-refractivity contribution in [3.63, 3.8) is 0 Å². The molecule has 2 aromatic rings. The fourth-order valence-electron chi connectivity index (χ4n) is 3.78. The molecule has 1 saturated heterocycles. The number of nitrogens with zero attached hydrogens (tertiary/aromatic N) is 1. The van der Waals surface area contributed by atoms with Crippen LogP contribution in [0.1, 0.15) is 57.8 Å². The van der Waals surface area contributed by atoms with Crippen molar-refractivity contribution in [3.8, 4) is 22.6 Å². The summed E-state index contributed by atoms with van der Waals surface area (Å²) >= 11 is 0. The van der Waals surface area contributed by atoms with E-state index in [0.717, 1.165) is 24.0 Å². The van der Waals surface area contributed by atoms with Gasteiger partial charge in [0, 0.05) is 37.4 Å². The van der Waals surface area contributed by atoms with E-state index in [1.54, 1.807) is 27.0 Å². The van der Waals surface area contributed by atoms with E-state index < -0.39 is 7.52 Å². The minimum absolute atomic E-state index is 0.0472. The van der Waals surface area contributed by atoms with Crippen LogP contribution in [0.2, 0.25) is 0 Å². The Morgan fingerprint density at radius 2 is 1.54 bits per heavy atom. The predicted molar refractivity (Wildman–Crippen MR) is 145 cm³/mol. The molecule has 0 aliphatic carbocycles. The number of rotatable bonds is 8. The highest BCUT2D eigenvalue weighted by molar-refractivity contribution is 7.55. The number of nitrogens with one attached hydrogen (secondary N) is 1. The molecule has 196 valence electrons. The SMILES string of the molecule is CC.CC.CCOP(C)(=O)N1CCC(NC(=O)c2cccc(-c3cc(OC)cc(OC)c3)c2)CC1. The molecule has 1 N–H and O–H groups in total. The van der Waals surface area contributed by atoms with Crippen molar-refractivity contribution in [2.75, 3.05) is 40.6 Å². The summed E-state index contributed by atoms with van der Waals surface area (Å²) in [4.78, 5) is 12.9. The number of amides is 1. The third kappa shape index (κ3) is 8.99. The molecule has 2 aromatic carbocycles. The van der Waals surface area contributed by atoms with Gasteiger partial charge in [0.15, 0.2) is 0 Å². The van der Waals surface area contributed by atoms with Gasteiger partial charge in [0.25, 0.3) is 13.4 Å². The van der Waals surface area contributed by atoms with E-state index in [9.17, 15) is 9.36 Å². The van der Waals surface area contributed by atoms with Gasteiger partial charge in [-0.3, -0.25) is 9.36 Å². The minimum atomic E-state index is -2.74. The molecule has 1 aliphatic rings. The molecule has 1 heterocycles. The normalized spacial score (nSPS) is 15.4. The van der Waals surface area contributed by atoms with Crippen molar-refractivity contribution in [1.82, 2.24) is 9.99 Å². The third-order valence-corrected chi connectivity index (χ3v) is 7.66. The van der Waals surface area contributed by atoms with Crippen molar-refractivity contribution < 1.29 is 23.4 Å². The Morgan fingerprint density at radius 3 is 2.06 bits per heavy atom. The van der Waals surface area contributed by atoms with Crippen LogP contribution < -0.4 is 14.8 Å². The second-order valence-corrected chi connectivity index (χ2v) is 10.0. The predicted octanol–water partition coefficient (Wildman–Crippen LogP) is 6.48. The molecular weight excluding hydrogens is 463 g/mol. The zero-order valence-corrected chi connectivity index (χ0v) is 23.5. The van der Waals surface area contributed by atoms with Gasteiger partial charge >= 0.3 is 0 Å². The minimum Gasteiger partial charge on any atom is -0.497 e. The van der Waals surface area contributed by atoms with Gasteiger partial charge in [-0.25, -0.2) is 4.67 Å². The van der Waals surface area contributed by atoms with E-state index in [4.69, 9.17) is 14.0 Å². The summed E-state index contributed by atoms with van der Waals surface area (Å²) in [6, 6.07) is 13.2. The molecule has 1 unspecified atom stereocenters. The molecule has 1 atom stereocenters. The number of ether oxygens (including phenoxy) is 2. The summed E-state index contributed by atoms with van der Waals surface area (Å²) in [7, 11) is 0.480. The number of carbonyl (C=O) groups is 1. The molecule has 0 saturated carbocycles. The van der Waals surface area contributed by atoms with Gasteiger partial charge in [-0.05, 0) is 55.2 Å². The van der Waals surface area contributed by atoms with E-state index in [1.807, 2.05) is 75.7 Å². The maximum atomic E-state index is 12.9. The molecule has 1 aliphatic heterocycles. The van der Waals surface area contributed by atoms with Crippen LogP contribution in [0.5, 0.6) is 11.5 Å². The summed E-state index contributed by atoms with van der Waals surface area (Å²) in [6.07, 6.45) is 1.48. The van der Waals surface area contributed by atoms with E-state index >= 15 is 0 Å². The Labute approximate surface area is 211 Å². The fourth-order valence-corrected chi connectivity index (χ4v) is 5.38. The molecule has 0 spiro atoms. The van der Waals surface area contributed by atoms with Crippen molar-refractivity contribution in [2.45, 2.75) is 53.5 Å². The first-order valence-corrected chi connectivity index (χ1v) is 14.5. The van der Waals surface area contributed by atoms with Crippen molar-refractivity contribution in [2.24, 2.45) is 0 Å². The van der Waals surface area contributed by atoms with Gasteiger partial charge in [-0.1, -0.05) is 39.8 Å². The van der Waals surface area contributed by atoms with Crippen molar-refractivity contribution in [1.29, 1.82) is 0 Å². The van der Waals surface area contributed by atoms with Crippen LogP contribution in [0, 0.1) is 0 Å². The Hall–Kier alpha value is -2.34. The Kier molecular flexibility index (Phi) is 13.7. The van der Waals surface area contributed by atoms with Crippen LogP contribution in [0.3, 0.4) is 0 Å². The Morgan fingerprint density at radius 1 is 0.971 bits per heavy atom. The lowest BCUT2D eigenvalue weighted by molar-refractivity contribution is 0.0922. The zero-order chi connectivity index (χ0) is 26.4. The number of methoxy groups -OCH3 is 2. The van der Waals surface area contributed by atoms with E-state index in [0.29, 0.717) is 36.8 Å².